The largest absolute Gasteiger partial charge is 0.382 e. The summed E-state index contributed by atoms with van der Waals surface area (Å²) in [5.41, 5.74) is 0. The molecule has 1 saturated heterocycles. The number of hydrogen-bond acceptors (Lipinski definition) is 4. The van der Waals surface area contributed by atoms with Crippen molar-refractivity contribution in [2.24, 2.45) is 0 Å². The summed E-state index contributed by atoms with van der Waals surface area (Å²) >= 11 is 0. The second-order valence-corrected chi connectivity index (χ2v) is 5.37. The molecule has 1 aliphatic rings. The van der Waals surface area contributed by atoms with E-state index in [2.05, 4.69) is 5.32 Å². The Balaban J connectivity index is 1.98. The molecule has 0 radical (unpaired) electrons. The summed E-state index contributed by atoms with van der Waals surface area (Å²) in [6.45, 7) is 6.77. The Morgan fingerprint density at radius 1 is 1.15 bits per heavy atom. The summed E-state index contributed by atoms with van der Waals surface area (Å²) in [7, 11) is 1.67. The fraction of sp³-hybridized carbons (Fsp3) is 0.933. The quantitative estimate of drug-likeness (QED) is 0.617. The van der Waals surface area contributed by atoms with Crippen LogP contribution in [0, 0.1) is 0 Å². The topological polar surface area (TPSA) is 50.8 Å². The van der Waals surface area contributed by atoms with E-state index in [-0.39, 0.29) is 11.9 Å². The second-order valence-electron chi connectivity index (χ2n) is 5.37. The molecule has 1 fully saturated rings. The maximum Gasteiger partial charge on any atom is 0.239 e. The highest BCUT2D eigenvalue weighted by atomic mass is 16.5. The van der Waals surface area contributed by atoms with E-state index < -0.39 is 0 Å². The van der Waals surface area contributed by atoms with Crippen molar-refractivity contribution in [3.05, 3.63) is 0 Å². The average Bonchev–Trinajstić information content (AvgIpc) is 2.50. The Kier molecular flexibility index (Phi) is 9.62. The minimum Gasteiger partial charge on any atom is -0.382 e. The van der Waals surface area contributed by atoms with E-state index >= 15 is 0 Å². The predicted molar refractivity (Wildman–Crippen MR) is 79.8 cm³/mol. The molecule has 1 N–H and O–H groups in total. The van der Waals surface area contributed by atoms with Crippen molar-refractivity contribution in [2.45, 2.75) is 45.1 Å². The van der Waals surface area contributed by atoms with E-state index in [0.29, 0.717) is 13.2 Å². The monoisotopic (exact) mass is 286 g/mol. The van der Waals surface area contributed by atoms with E-state index in [4.69, 9.17) is 9.47 Å². The number of likely N-dealkylation sites (tertiary alicyclic amines) is 1. The highest BCUT2D eigenvalue weighted by Gasteiger charge is 2.21. The summed E-state index contributed by atoms with van der Waals surface area (Å²) in [6.07, 6.45) is 5.61. The van der Waals surface area contributed by atoms with Gasteiger partial charge in [0.05, 0.1) is 19.3 Å². The van der Waals surface area contributed by atoms with Gasteiger partial charge in [-0.05, 0) is 45.6 Å². The molecular weight excluding hydrogens is 256 g/mol. The molecule has 5 nitrogen and oxygen atoms in total. The third kappa shape index (κ3) is 7.22. The van der Waals surface area contributed by atoms with Gasteiger partial charge >= 0.3 is 0 Å². The Morgan fingerprint density at radius 3 is 2.60 bits per heavy atom. The zero-order valence-electron chi connectivity index (χ0n) is 13.0. The number of carbonyl (C=O) groups is 1. The summed E-state index contributed by atoms with van der Waals surface area (Å²) in [5, 5.41) is 3.31. The molecule has 0 aliphatic carbocycles. The van der Waals surface area contributed by atoms with Crippen LogP contribution in [0.5, 0.6) is 0 Å². The fourth-order valence-electron chi connectivity index (χ4n) is 2.37. The number of ether oxygens (including phenoxy) is 2. The summed E-state index contributed by atoms with van der Waals surface area (Å²) in [6, 6.07) is -0.0671. The number of nitrogens with zero attached hydrogens (tertiary/aromatic N) is 1. The molecule has 0 saturated carbocycles. The first-order valence-electron chi connectivity index (χ1n) is 7.84. The van der Waals surface area contributed by atoms with Gasteiger partial charge < -0.3 is 19.7 Å². The Morgan fingerprint density at radius 2 is 1.90 bits per heavy atom. The Hall–Kier alpha value is -0.650. The van der Waals surface area contributed by atoms with Gasteiger partial charge in [0.15, 0.2) is 0 Å². The van der Waals surface area contributed by atoms with Gasteiger partial charge in [0.25, 0.3) is 0 Å². The van der Waals surface area contributed by atoms with E-state index in [9.17, 15) is 4.79 Å². The summed E-state index contributed by atoms with van der Waals surface area (Å²) < 4.78 is 10.3. The number of amides is 1. The van der Waals surface area contributed by atoms with Gasteiger partial charge in [0, 0.05) is 26.8 Å². The molecule has 1 amide bonds. The fourth-order valence-corrected chi connectivity index (χ4v) is 2.37. The number of carbonyl (C=O) groups excluding carboxylic acids is 1. The van der Waals surface area contributed by atoms with Gasteiger partial charge in [-0.1, -0.05) is 0 Å². The lowest BCUT2D eigenvalue weighted by Gasteiger charge is -2.29. The van der Waals surface area contributed by atoms with Crippen LogP contribution in [-0.4, -0.2) is 63.4 Å². The van der Waals surface area contributed by atoms with Gasteiger partial charge in [-0.25, -0.2) is 0 Å². The van der Waals surface area contributed by atoms with Gasteiger partial charge in [-0.2, -0.15) is 0 Å². The molecule has 0 bridgehead atoms. The van der Waals surface area contributed by atoms with Crippen molar-refractivity contribution in [3.8, 4) is 0 Å². The molecule has 1 unspecified atom stereocenters. The van der Waals surface area contributed by atoms with Crippen molar-refractivity contribution in [1.29, 1.82) is 0 Å². The van der Waals surface area contributed by atoms with Gasteiger partial charge in [-0.15, -0.1) is 0 Å². The Labute approximate surface area is 123 Å². The minimum atomic E-state index is -0.0671. The molecule has 1 atom stereocenters. The molecule has 1 rings (SSSR count). The van der Waals surface area contributed by atoms with Gasteiger partial charge in [0.2, 0.25) is 5.91 Å². The number of rotatable bonds is 10. The van der Waals surface area contributed by atoms with Crippen LogP contribution in [0.4, 0.5) is 0 Å². The average molecular weight is 286 g/mol. The molecule has 20 heavy (non-hydrogen) atoms. The molecule has 118 valence electrons. The normalized spacial score (nSPS) is 17.2. The second kappa shape index (κ2) is 11.1. The van der Waals surface area contributed by atoms with E-state index in [1.54, 1.807) is 7.11 Å². The van der Waals surface area contributed by atoms with Gasteiger partial charge in [0.1, 0.15) is 0 Å². The third-order valence-electron chi connectivity index (χ3n) is 3.64. The molecule has 0 aromatic heterocycles. The van der Waals surface area contributed by atoms with Crippen LogP contribution < -0.4 is 5.32 Å². The number of methoxy groups -OCH3 is 1. The van der Waals surface area contributed by atoms with Crippen LogP contribution in [0.25, 0.3) is 0 Å². The minimum absolute atomic E-state index is 0.0671. The number of nitrogens with one attached hydrogen (secondary N) is 1. The number of unbranched alkanes of at least 4 members (excludes halogenated alkanes) is 1. The first-order valence-corrected chi connectivity index (χ1v) is 7.84. The lowest BCUT2D eigenvalue weighted by molar-refractivity contribution is -0.133. The van der Waals surface area contributed by atoms with Crippen molar-refractivity contribution in [3.63, 3.8) is 0 Å². The highest BCUT2D eigenvalue weighted by molar-refractivity contribution is 5.81. The van der Waals surface area contributed by atoms with Crippen LogP contribution in [0.2, 0.25) is 0 Å². The number of piperidine rings is 1. The predicted octanol–water partition coefficient (Wildman–Crippen LogP) is 1.42. The van der Waals surface area contributed by atoms with Crippen LogP contribution in [0.15, 0.2) is 0 Å². The van der Waals surface area contributed by atoms with E-state index in [1.165, 1.54) is 6.42 Å². The highest BCUT2D eigenvalue weighted by Crippen LogP contribution is 2.09. The van der Waals surface area contributed by atoms with Crippen LogP contribution in [-0.2, 0) is 14.3 Å². The molecule has 0 spiro atoms. The molecule has 1 heterocycles. The third-order valence-corrected chi connectivity index (χ3v) is 3.64. The Bertz CT molecular complexity index is 256. The van der Waals surface area contributed by atoms with Crippen molar-refractivity contribution in [2.75, 3.05) is 46.6 Å². The maximum atomic E-state index is 12.2. The lowest BCUT2D eigenvalue weighted by atomic mass is 10.1. The first-order chi connectivity index (χ1) is 9.75. The van der Waals surface area contributed by atoms with Crippen LogP contribution in [0.3, 0.4) is 0 Å². The summed E-state index contributed by atoms with van der Waals surface area (Å²) in [5.74, 6) is 0.251. The van der Waals surface area contributed by atoms with Gasteiger partial charge in [-0.3, -0.25) is 4.79 Å². The summed E-state index contributed by atoms with van der Waals surface area (Å²) in [4.78, 5) is 14.2. The number of hydrogen-bond donors (Lipinski definition) is 1. The standard InChI is InChI=1S/C15H30N2O3/c1-14(15(18)17-9-5-3-6-10-17)16-8-4-7-11-20-13-12-19-2/h14,16H,3-13H2,1-2H3. The van der Waals surface area contributed by atoms with Crippen LogP contribution in [0.1, 0.15) is 39.0 Å². The zero-order valence-corrected chi connectivity index (χ0v) is 13.0. The molecular formula is C15H30N2O3. The lowest BCUT2D eigenvalue weighted by Crippen LogP contribution is -2.47. The first kappa shape index (κ1) is 17.4. The zero-order chi connectivity index (χ0) is 14.6. The molecule has 5 heteroatoms. The maximum absolute atomic E-state index is 12.2. The SMILES string of the molecule is COCCOCCCCNC(C)C(=O)N1CCCCC1. The van der Waals surface area contributed by atoms with Crippen LogP contribution >= 0.6 is 0 Å². The molecule has 1 aliphatic heterocycles. The van der Waals surface area contributed by atoms with E-state index in [1.807, 2.05) is 11.8 Å². The van der Waals surface area contributed by atoms with Crippen molar-refractivity contribution in [1.82, 2.24) is 10.2 Å². The van der Waals surface area contributed by atoms with E-state index in [0.717, 1.165) is 51.9 Å². The van der Waals surface area contributed by atoms with Crippen molar-refractivity contribution < 1.29 is 14.3 Å². The smallest absolute Gasteiger partial charge is 0.239 e. The molecule has 0 aromatic rings. The van der Waals surface area contributed by atoms with Crippen molar-refractivity contribution >= 4 is 5.91 Å². The molecule has 0 aromatic carbocycles.